The van der Waals surface area contributed by atoms with Crippen molar-refractivity contribution in [3.63, 3.8) is 0 Å². The maximum Gasteiger partial charge on any atom is 0.0541 e. The Labute approximate surface area is 106 Å². The van der Waals surface area contributed by atoms with Crippen molar-refractivity contribution in [2.45, 2.75) is 20.0 Å². The van der Waals surface area contributed by atoms with E-state index in [1.165, 1.54) is 10.4 Å². The van der Waals surface area contributed by atoms with Gasteiger partial charge in [0.25, 0.3) is 0 Å². The van der Waals surface area contributed by atoms with Gasteiger partial charge in [-0.25, -0.2) is 0 Å². The minimum absolute atomic E-state index is 0. The van der Waals surface area contributed by atoms with Gasteiger partial charge in [0.2, 0.25) is 0 Å². The summed E-state index contributed by atoms with van der Waals surface area (Å²) in [5.41, 5.74) is 2.46. The number of nitrogens with zero attached hydrogens (tertiary/aromatic N) is 1. The normalized spacial score (nSPS) is 9.81. The van der Waals surface area contributed by atoms with Crippen molar-refractivity contribution < 1.29 is 0 Å². The third-order valence-electron chi connectivity index (χ3n) is 2.29. The van der Waals surface area contributed by atoms with Crippen LogP contribution in [0.15, 0.2) is 35.8 Å². The molecule has 0 unspecified atom stereocenters. The molecule has 0 amide bonds. The molecule has 0 aliphatic heterocycles. The van der Waals surface area contributed by atoms with Gasteiger partial charge >= 0.3 is 0 Å². The molecular formula is C12H15ClN2S. The maximum absolute atomic E-state index is 4.26. The van der Waals surface area contributed by atoms with Gasteiger partial charge in [0, 0.05) is 24.2 Å². The molecule has 0 aliphatic rings. The molecule has 0 atom stereocenters. The van der Waals surface area contributed by atoms with Crippen molar-refractivity contribution in [2.75, 3.05) is 0 Å². The zero-order chi connectivity index (χ0) is 10.5. The summed E-state index contributed by atoms with van der Waals surface area (Å²) in [5, 5.41) is 5.52. The molecule has 0 radical (unpaired) electrons. The first-order valence-electron chi connectivity index (χ1n) is 5.00. The minimum atomic E-state index is 0. The highest BCUT2D eigenvalue weighted by Gasteiger charge is 1.99. The molecule has 2 aromatic rings. The molecule has 0 saturated carbocycles. The van der Waals surface area contributed by atoms with E-state index in [9.17, 15) is 0 Å². The van der Waals surface area contributed by atoms with Crippen molar-refractivity contribution >= 4 is 23.7 Å². The second-order valence-corrected chi connectivity index (χ2v) is 4.45. The zero-order valence-corrected chi connectivity index (χ0v) is 10.8. The van der Waals surface area contributed by atoms with Gasteiger partial charge < -0.3 is 5.32 Å². The van der Waals surface area contributed by atoms with Crippen LogP contribution in [0.4, 0.5) is 0 Å². The highest BCUT2D eigenvalue weighted by Crippen LogP contribution is 2.14. The molecule has 2 nitrogen and oxygen atoms in total. The van der Waals surface area contributed by atoms with E-state index in [2.05, 4.69) is 28.7 Å². The van der Waals surface area contributed by atoms with E-state index < -0.39 is 0 Å². The van der Waals surface area contributed by atoms with Gasteiger partial charge in [0.1, 0.15) is 0 Å². The van der Waals surface area contributed by atoms with Crippen LogP contribution in [-0.4, -0.2) is 4.98 Å². The average Bonchev–Trinajstić information content (AvgIpc) is 2.66. The van der Waals surface area contributed by atoms with Crippen LogP contribution in [0.25, 0.3) is 0 Å². The van der Waals surface area contributed by atoms with Crippen LogP contribution in [0.1, 0.15) is 16.1 Å². The Balaban J connectivity index is 0.00000128. The molecule has 2 rings (SSSR count). The Kier molecular flexibility index (Phi) is 5.46. The Bertz CT molecular complexity index is 414. The third kappa shape index (κ3) is 3.59. The number of rotatable bonds is 4. The molecule has 0 bridgehead atoms. The fraction of sp³-hybridized carbons (Fsp3) is 0.250. The molecule has 86 valence electrons. The topological polar surface area (TPSA) is 24.9 Å². The molecular weight excluding hydrogens is 240 g/mol. The molecule has 0 spiro atoms. The summed E-state index contributed by atoms with van der Waals surface area (Å²) in [6.45, 7) is 3.91. The molecule has 16 heavy (non-hydrogen) atoms. The summed E-state index contributed by atoms with van der Waals surface area (Å²) >= 11 is 1.80. The number of thiophene rings is 1. The number of nitrogens with one attached hydrogen (secondary N) is 1. The maximum atomic E-state index is 4.26. The van der Waals surface area contributed by atoms with E-state index in [0.29, 0.717) is 0 Å². The van der Waals surface area contributed by atoms with E-state index in [0.717, 1.165) is 18.8 Å². The van der Waals surface area contributed by atoms with Crippen molar-refractivity contribution in [1.29, 1.82) is 0 Å². The summed E-state index contributed by atoms with van der Waals surface area (Å²) in [7, 11) is 0. The van der Waals surface area contributed by atoms with Crippen molar-refractivity contribution in [1.82, 2.24) is 10.3 Å². The fourth-order valence-corrected chi connectivity index (χ4v) is 2.27. The van der Waals surface area contributed by atoms with E-state index in [1.807, 2.05) is 24.4 Å². The summed E-state index contributed by atoms with van der Waals surface area (Å²) in [5.74, 6) is 0. The van der Waals surface area contributed by atoms with Crippen molar-refractivity contribution in [2.24, 2.45) is 0 Å². The monoisotopic (exact) mass is 254 g/mol. The van der Waals surface area contributed by atoms with Gasteiger partial charge in [0.05, 0.1) is 5.69 Å². The number of pyridine rings is 1. The molecule has 1 N–H and O–H groups in total. The lowest BCUT2D eigenvalue weighted by molar-refractivity contribution is 0.684. The van der Waals surface area contributed by atoms with Crippen LogP contribution in [0.5, 0.6) is 0 Å². The third-order valence-corrected chi connectivity index (χ3v) is 3.31. The zero-order valence-electron chi connectivity index (χ0n) is 9.14. The fourth-order valence-electron chi connectivity index (χ4n) is 1.39. The van der Waals surface area contributed by atoms with Crippen LogP contribution >= 0.6 is 23.7 Å². The van der Waals surface area contributed by atoms with E-state index >= 15 is 0 Å². The SMILES string of the molecule is Cc1ccsc1CNCc1ccccn1.Cl. The number of halogens is 1. The smallest absolute Gasteiger partial charge is 0.0541 e. The lowest BCUT2D eigenvalue weighted by atomic mass is 10.3. The first kappa shape index (κ1) is 13.2. The molecule has 0 saturated heterocycles. The molecule has 2 aromatic heterocycles. The van der Waals surface area contributed by atoms with Crippen LogP contribution < -0.4 is 5.32 Å². The number of hydrogen-bond donors (Lipinski definition) is 1. The van der Waals surface area contributed by atoms with Crippen LogP contribution in [0.3, 0.4) is 0 Å². The summed E-state index contributed by atoms with van der Waals surface area (Å²) in [6.07, 6.45) is 1.83. The predicted molar refractivity (Wildman–Crippen MR) is 71.1 cm³/mol. The molecule has 0 aliphatic carbocycles. The molecule has 2 heterocycles. The number of aromatic nitrogens is 1. The van der Waals surface area contributed by atoms with Gasteiger partial charge in [-0.2, -0.15) is 0 Å². The van der Waals surface area contributed by atoms with Crippen LogP contribution in [0.2, 0.25) is 0 Å². The Morgan fingerprint density at radius 2 is 2.12 bits per heavy atom. The van der Waals surface area contributed by atoms with Gasteiger partial charge in [-0.15, -0.1) is 23.7 Å². The molecule has 0 aromatic carbocycles. The molecule has 4 heteroatoms. The van der Waals surface area contributed by atoms with Gasteiger partial charge in [-0.3, -0.25) is 4.98 Å². The Morgan fingerprint density at radius 3 is 2.75 bits per heavy atom. The molecule has 0 fully saturated rings. The lowest BCUT2D eigenvalue weighted by Crippen LogP contribution is -2.13. The van der Waals surface area contributed by atoms with E-state index in [-0.39, 0.29) is 12.4 Å². The van der Waals surface area contributed by atoms with Crippen molar-refractivity contribution in [3.05, 3.63) is 52.0 Å². The first-order valence-corrected chi connectivity index (χ1v) is 5.88. The first-order chi connectivity index (χ1) is 7.36. The number of aryl methyl sites for hydroxylation is 1. The Hall–Kier alpha value is -0.900. The summed E-state index contributed by atoms with van der Waals surface area (Å²) in [4.78, 5) is 5.67. The average molecular weight is 255 g/mol. The quantitative estimate of drug-likeness (QED) is 0.907. The summed E-state index contributed by atoms with van der Waals surface area (Å²) in [6, 6.07) is 8.14. The standard InChI is InChI=1S/C12H14N2S.ClH/c1-10-5-7-15-12(10)9-13-8-11-4-2-3-6-14-11;/h2-7,13H,8-9H2,1H3;1H. The summed E-state index contributed by atoms with van der Waals surface area (Å²) < 4.78 is 0. The minimum Gasteiger partial charge on any atom is -0.306 e. The van der Waals surface area contributed by atoms with Crippen molar-refractivity contribution in [3.8, 4) is 0 Å². The van der Waals surface area contributed by atoms with E-state index in [4.69, 9.17) is 0 Å². The predicted octanol–water partition coefficient (Wildman–Crippen LogP) is 3.16. The Morgan fingerprint density at radius 1 is 1.25 bits per heavy atom. The highest BCUT2D eigenvalue weighted by molar-refractivity contribution is 7.10. The van der Waals surface area contributed by atoms with E-state index in [1.54, 1.807) is 11.3 Å². The second kappa shape index (κ2) is 6.63. The lowest BCUT2D eigenvalue weighted by Gasteiger charge is -2.03. The van der Waals surface area contributed by atoms with Gasteiger partial charge in [0.15, 0.2) is 0 Å². The van der Waals surface area contributed by atoms with Crippen LogP contribution in [0, 0.1) is 6.92 Å². The second-order valence-electron chi connectivity index (χ2n) is 3.45. The van der Waals surface area contributed by atoms with Crippen LogP contribution in [-0.2, 0) is 13.1 Å². The number of hydrogen-bond acceptors (Lipinski definition) is 3. The van der Waals surface area contributed by atoms with Gasteiger partial charge in [-0.05, 0) is 36.1 Å². The highest BCUT2D eigenvalue weighted by atomic mass is 35.5. The largest absolute Gasteiger partial charge is 0.306 e. The van der Waals surface area contributed by atoms with Gasteiger partial charge in [-0.1, -0.05) is 6.07 Å².